The molecule has 94 valence electrons. The van der Waals surface area contributed by atoms with E-state index in [1.807, 2.05) is 6.07 Å². The van der Waals surface area contributed by atoms with Crippen molar-refractivity contribution in [2.75, 3.05) is 0 Å². The third-order valence-corrected chi connectivity index (χ3v) is 4.32. The van der Waals surface area contributed by atoms with Gasteiger partial charge < -0.3 is 0 Å². The molecule has 1 atom stereocenters. The van der Waals surface area contributed by atoms with E-state index in [-0.39, 0.29) is 6.04 Å². The van der Waals surface area contributed by atoms with E-state index < -0.39 is 0 Å². The fraction of sp³-hybridized carbons (Fsp3) is 0.538. The molecule has 1 aliphatic carbocycles. The summed E-state index contributed by atoms with van der Waals surface area (Å²) < 4.78 is 2.18. The zero-order chi connectivity index (χ0) is 12.3. The first kappa shape index (κ1) is 13.5. The van der Waals surface area contributed by atoms with Gasteiger partial charge in [-0.25, -0.2) is 0 Å². The zero-order valence-electron chi connectivity index (χ0n) is 9.88. The monoisotopic (exact) mass is 361 g/mol. The molecule has 0 aromatic heterocycles. The molecule has 17 heavy (non-hydrogen) atoms. The van der Waals surface area contributed by atoms with Gasteiger partial charge >= 0.3 is 0 Å². The lowest BCUT2D eigenvalue weighted by Gasteiger charge is -2.19. The lowest BCUT2D eigenvalue weighted by Crippen LogP contribution is -2.25. The van der Waals surface area contributed by atoms with Gasteiger partial charge in [0.25, 0.3) is 0 Å². The van der Waals surface area contributed by atoms with Crippen molar-refractivity contribution in [1.29, 1.82) is 0 Å². The van der Waals surface area contributed by atoms with E-state index in [0.717, 1.165) is 8.95 Å². The van der Waals surface area contributed by atoms with Gasteiger partial charge in [-0.1, -0.05) is 50.8 Å². The first-order chi connectivity index (χ1) is 8.16. The van der Waals surface area contributed by atoms with E-state index in [1.54, 1.807) is 0 Å². The predicted octanol–water partition coefficient (Wildman–Crippen LogP) is 4.74. The van der Waals surface area contributed by atoms with Gasteiger partial charge in [-0.15, -0.1) is 0 Å². The lowest BCUT2D eigenvalue weighted by molar-refractivity contribution is -0.0377. The zero-order valence-corrected chi connectivity index (χ0v) is 13.1. The minimum absolute atomic E-state index is 0.193. The SMILES string of the molecule is CC(NOC1CCCC1)c1ccc(Br)cc1Br. The van der Waals surface area contributed by atoms with Crippen LogP contribution in [0.2, 0.25) is 0 Å². The Kier molecular flexibility index (Phi) is 5.03. The molecule has 0 saturated heterocycles. The van der Waals surface area contributed by atoms with Crippen molar-refractivity contribution in [3.8, 4) is 0 Å². The van der Waals surface area contributed by atoms with E-state index >= 15 is 0 Å². The van der Waals surface area contributed by atoms with Gasteiger partial charge in [0.1, 0.15) is 0 Å². The van der Waals surface area contributed by atoms with Gasteiger partial charge in [0.15, 0.2) is 0 Å². The lowest BCUT2D eigenvalue weighted by atomic mass is 10.1. The first-order valence-corrected chi connectivity index (χ1v) is 7.61. The Bertz CT molecular complexity index is 378. The molecule has 0 bridgehead atoms. The van der Waals surface area contributed by atoms with Crippen LogP contribution in [0.1, 0.15) is 44.2 Å². The van der Waals surface area contributed by atoms with Crippen LogP contribution in [0.25, 0.3) is 0 Å². The van der Waals surface area contributed by atoms with E-state index in [0.29, 0.717) is 6.10 Å². The molecule has 0 heterocycles. The highest BCUT2D eigenvalue weighted by molar-refractivity contribution is 9.11. The molecule has 1 aliphatic rings. The van der Waals surface area contributed by atoms with E-state index in [1.165, 1.54) is 31.2 Å². The summed E-state index contributed by atoms with van der Waals surface area (Å²) in [6.07, 6.45) is 5.35. The molecule has 0 aliphatic heterocycles. The van der Waals surface area contributed by atoms with E-state index in [4.69, 9.17) is 4.84 Å². The van der Waals surface area contributed by atoms with Crippen molar-refractivity contribution in [1.82, 2.24) is 5.48 Å². The fourth-order valence-electron chi connectivity index (χ4n) is 2.12. The van der Waals surface area contributed by atoms with Crippen LogP contribution >= 0.6 is 31.9 Å². The van der Waals surface area contributed by atoms with Crippen LogP contribution in [0.5, 0.6) is 0 Å². The highest BCUT2D eigenvalue weighted by Gasteiger charge is 2.17. The van der Waals surface area contributed by atoms with E-state index in [9.17, 15) is 0 Å². The Hall–Kier alpha value is 0.1000. The third-order valence-electron chi connectivity index (χ3n) is 3.14. The van der Waals surface area contributed by atoms with Crippen LogP contribution in [0, 0.1) is 0 Å². The summed E-state index contributed by atoms with van der Waals surface area (Å²) in [4.78, 5) is 5.72. The number of halogens is 2. The van der Waals surface area contributed by atoms with Crippen LogP contribution in [0.3, 0.4) is 0 Å². The first-order valence-electron chi connectivity index (χ1n) is 6.03. The molecular weight excluding hydrogens is 346 g/mol. The van der Waals surface area contributed by atoms with Crippen LogP contribution in [-0.4, -0.2) is 6.10 Å². The quantitative estimate of drug-likeness (QED) is 0.781. The number of hydrogen-bond donors (Lipinski definition) is 1. The second-order valence-corrected chi connectivity index (χ2v) is 6.30. The smallest absolute Gasteiger partial charge is 0.0790 e. The maximum atomic E-state index is 5.72. The van der Waals surface area contributed by atoms with Crippen molar-refractivity contribution in [2.24, 2.45) is 0 Å². The van der Waals surface area contributed by atoms with Crippen molar-refractivity contribution in [3.63, 3.8) is 0 Å². The van der Waals surface area contributed by atoms with Crippen molar-refractivity contribution in [2.45, 2.75) is 44.8 Å². The largest absolute Gasteiger partial charge is 0.298 e. The molecule has 0 spiro atoms. The van der Waals surface area contributed by atoms with E-state index in [2.05, 4.69) is 56.4 Å². The minimum Gasteiger partial charge on any atom is -0.298 e. The number of hydrogen-bond acceptors (Lipinski definition) is 2. The highest BCUT2D eigenvalue weighted by Crippen LogP contribution is 2.27. The normalized spacial score (nSPS) is 18.5. The van der Waals surface area contributed by atoms with Gasteiger partial charge in [0.2, 0.25) is 0 Å². The molecule has 4 heteroatoms. The molecule has 1 N–H and O–H groups in total. The maximum Gasteiger partial charge on any atom is 0.0790 e. The Morgan fingerprint density at radius 2 is 2.00 bits per heavy atom. The standard InChI is InChI=1S/C13H17Br2NO/c1-9(16-17-11-4-2-3-5-11)12-7-6-10(14)8-13(12)15/h6-9,11,16H,2-5H2,1H3. The average molecular weight is 363 g/mol. The minimum atomic E-state index is 0.193. The Labute approximate surface area is 119 Å². The fourth-order valence-corrected chi connectivity index (χ4v) is 3.51. The second kappa shape index (κ2) is 6.32. The summed E-state index contributed by atoms with van der Waals surface area (Å²) in [6, 6.07) is 6.40. The number of benzene rings is 1. The molecule has 1 aromatic rings. The summed E-state index contributed by atoms with van der Waals surface area (Å²) in [5.41, 5.74) is 4.37. The summed E-state index contributed by atoms with van der Waals surface area (Å²) in [5.74, 6) is 0. The van der Waals surface area contributed by atoms with Crippen LogP contribution in [-0.2, 0) is 4.84 Å². The second-order valence-electron chi connectivity index (χ2n) is 4.53. The third kappa shape index (κ3) is 3.78. The molecule has 1 aromatic carbocycles. The molecule has 2 nitrogen and oxygen atoms in total. The number of rotatable bonds is 4. The molecule has 1 fully saturated rings. The molecule has 1 unspecified atom stereocenters. The average Bonchev–Trinajstić information content (AvgIpc) is 2.78. The Morgan fingerprint density at radius 3 is 2.65 bits per heavy atom. The summed E-state index contributed by atoms with van der Waals surface area (Å²) in [6.45, 7) is 2.11. The van der Waals surface area contributed by atoms with Crippen molar-refractivity contribution >= 4 is 31.9 Å². The predicted molar refractivity (Wildman–Crippen MR) is 76.7 cm³/mol. The Balaban J connectivity index is 1.91. The summed E-state index contributed by atoms with van der Waals surface area (Å²) in [5, 5.41) is 0. The molecule has 0 radical (unpaired) electrons. The molecule has 0 amide bonds. The topological polar surface area (TPSA) is 21.3 Å². The van der Waals surface area contributed by atoms with Crippen LogP contribution in [0.4, 0.5) is 0 Å². The van der Waals surface area contributed by atoms with Gasteiger partial charge in [0.05, 0.1) is 12.1 Å². The van der Waals surface area contributed by atoms with Crippen LogP contribution in [0.15, 0.2) is 27.1 Å². The highest BCUT2D eigenvalue weighted by atomic mass is 79.9. The van der Waals surface area contributed by atoms with Gasteiger partial charge in [-0.2, -0.15) is 5.48 Å². The molecule has 1 saturated carbocycles. The Morgan fingerprint density at radius 1 is 1.29 bits per heavy atom. The molecule has 2 rings (SSSR count). The van der Waals surface area contributed by atoms with Crippen molar-refractivity contribution < 1.29 is 4.84 Å². The summed E-state index contributed by atoms with van der Waals surface area (Å²) >= 11 is 7.03. The molecular formula is C13H17Br2NO. The van der Waals surface area contributed by atoms with Crippen molar-refractivity contribution in [3.05, 3.63) is 32.7 Å². The van der Waals surface area contributed by atoms with Gasteiger partial charge in [-0.05, 0) is 37.5 Å². The maximum absolute atomic E-state index is 5.72. The summed E-state index contributed by atoms with van der Waals surface area (Å²) in [7, 11) is 0. The van der Waals surface area contributed by atoms with Crippen LogP contribution < -0.4 is 5.48 Å². The number of hydroxylamine groups is 1. The van der Waals surface area contributed by atoms with Gasteiger partial charge in [0, 0.05) is 8.95 Å². The van der Waals surface area contributed by atoms with Gasteiger partial charge in [-0.3, -0.25) is 4.84 Å². The number of nitrogens with one attached hydrogen (secondary N) is 1.